The first-order chi connectivity index (χ1) is 18.4. The molecule has 0 atom stereocenters. The fourth-order valence-corrected chi connectivity index (χ4v) is 4.97. The molecule has 9 heteroatoms. The second-order valence-electron chi connectivity index (χ2n) is 8.66. The van der Waals surface area contributed by atoms with Crippen LogP contribution in [0.1, 0.15) is 22.3 Å². The van der Waals surface area contributed by atoms with Crippen LogP contribution in [-0.4, -0.2) is 47.3 Å². The molecule has 0 fully saturated rings. The predicted molar refractivity (Wildman–Crippen MR) is 150 cm³/mol. The van der Waals surface area contributed by atoms with Crippen molar-refractivity contribution in [1.29, 1.82) is 5.41 Å². The largest absolute Gasteiger partial charge is 0.493 e. The van der Waals surface area contributed by atoms with Gasteiger partial charge in [0.05, 0.1) is 12.7 Å². The normalized spacial score (nSPS) is 15.8. The Morgan fingerprint density at radius 3 is 2.58 bits per heavy atom. The molecular formula is C29H26N4O4S. The molecule has 0 radical (unpaired) electrons. The number of nitrogens with one attached hydrogen (secondary N) is 1. The van der Waals surface area contributed by atoms with E-state index in [-0.39, 0.29) is 11.4 Å². The Kier molecular flexibility index (Phi) is 7.28. The summed E-state index contributed by atoms with van der Waals surface area (Å²) >= 11 is 1.28. The molecule has 3 aromatic carbocycles. The van der Waals surface area contributed by atoms with Gasteiger partial charge in [-0.25, -0.2) is 0 Å². The van der Waals surface area contributed by atoms with Crippen molar-refractivity contribution >= 4 is 39.8 Å². The zero-order valence-electron chi connectivity index (χ0n) is 21.2. The number of carbonyl (C=O) groups is 1. The molecule has 0 aromatic heterocycles. The van der Waals surface area contributed by atoms with Crippen molar-refractivity contribution in [2.75, 3.05) is 20.3 Å². The lowest BCUT2D eigenvalue weighted by molar-refractivity contribution is -0.114. The van der Waals surface area contributed by atoms with Crippen molar-refractivity contribution in [3.8, 4) is 17.2 Å². The smallest absolute Gasteiger partial charge is 0.283 e. The van der Waals surface area contributed by atoms with Crippen LogP contribution in [0.15, 0.2) is 82.4 Å². The van der Waals surface area contributed by atoms with Crippen molar-refractivity contribution in [2.24, 2.45) is 10.1 Å². The molecule has 0 saturated carbocycles. The van der Waals surface area contributed by atoms with Gasteiger partial charge in [-0.2, -0.15) is 15.1 Å². The SMILES string of the molecule is COc1cc(/C=C2/C(=N)N3N=C(c4ccccc4C)SC3=NC2=O)ccc1OCCOc1cccc(C)c1. The monoisotopic (exact) mass is 526 g/mol. The van der Waals surface area contributed by atoms with E-state index in [4.69, 9.17) is 19.6 Å². The summed E-state index contributed by atoms with van der Waals surface area (Å²) in [6, 6.07) is 21.0. The molecule has 38 heavy (non-hydrogen) atoms. The Morgan fingerprint density at radius 1 is 0.974 bits per heavy atom. The van der Waals surface area contributed by atoms with Gasteiger partial charge in [0, 0.05) is 5.56 Å². The summed E-state index contributed by atoms with van der Waals surface area (Å²) in [5, 5.41) is 15.7. The summed E-state index contributed by atoms with van der Waals surface area (Å²) in [6.45, 7) is 4.72. The Bertz CT molecular complexity index is 1510. The molecule has 8 nitrogen and oxygen atoms in total. The van der Waals surface area contributed by atoms with Crippen LogP contribution in [0.25, 0.3) is 6.08 Å². The molecule has 0 saturated heterocycles. The summed E-state index contributed by atoms with van der Waals surface area (Å²) in [5.41, 5.74) is 3.95. The number of aliphatic imine (C=N–C) groups is 1. The van der Waals surface area contributed by atoms with Crippen LogP contribution in [0.2, 0.25) is 0 Å². The highest BCUT2D eigenvalue weighted by atomic mass is 32.2. The number of amidine groups is 2. The first-order valence-corrected chi connectivity index (χ1v) is 12.8. The van der Waals surface area contributed by atoms with E-state index in [1.165, 1.54) is 16.8 Å². The average Bonchev–Trinajstić information content (AvgIpc) is 3.33. The summed E-state index contributed by atoms with van der Waals surface area (Å²) in [7, 11) is 1.55. The van der Waals surface area contributed by atoms with Gasteiger partial charge in [-0.15, -0.1) is 0 Å². The van der Waals surface area contributed by atoms with E-state index >= 15 is 0 Å². The first kappa shape index (κ1) is 25.3. The standard InChI is InChI=1S/C29H26N4O4S/c1-18-7-6-9-21(15-18)36-13-14-37-24-12-11-20(17-25(24)35-3)16-23-26(30)33-29(31-27(23)34)38-28(32-33)22-10-5-4-8-19(22)2/h4-12,15-17,30H,13-14H2,1-3H3/b23-16-,30-26?. The number of rotatable bonds is 8. The Labute approximate surface area is 225 Å². The van der Waals surface area contributed by atoms with E-state index in [0.717, 1.165) is 22.4 Å². The number of methoxy groups -OCH3 is 1. The number of ether oxygens (including phenoxy) is 3. The number of fused-ring (bicyclic) bond motifs is 1. The molecule has 0 unspecified atom stereocenters. The molecule has 2 aliphatic heterocycles. The molecule has 2 aliphatic rings. The van der Waals surface area contributed by atoms with E-state index in [1.54, 1.807) is 31.4 Å². The van der Waals surface area contributed by atoms with Crippen molar-refractivity contribution in [2.45, 2.75) is 13.8 Å². The highest BCUT2D eigenvalue weighted by Gasteiger charge is 2.36. The number of amides is 1. The predicted octanol–water partition coefficient (Wildman–Crippen LogP) is 5.44. The molecule has 0 bridgehead atoms. The topological polar surface area (TPSA) is 96.6 Å². The zero-order chi connectivity index (χ0) is 26.6. The second kappa shape index (κ2) is 10.9. The summed E-state index contributed by atoms with van der Waals surface area (Å²) in [6.07, 6.45) is 1.62. The van der Waals surface area contributed by atoms with E-state index < -0.39 is 5.91 Å². The van der Waals surface area contributed by atoms with Crippen molar-refractivity contribution in [1.82, 2.24) is 5.01 Å². The number of hydrazone groups is 1. The molecule has 192 valence electrons. The van der Waals surface area contributed by atoms with Gasteiger partial charge in [-0.05, 0) is 72.6 Å². The minimum absolute atomic E-state index is 0.0244. The molecule has 0 spiro atoms. The highest BCUT2D eigenvalue weighted by molar-refractivity contribution is 8.27. The van der Waals surface area contributed by atoms with Crippen LogP contribution in [-0.2, 0) is 4.79 Å². The van der Waals surface area contributed by atoms with E-state index in [1.807, 2.05) is 62.4 Å². The molecule has 3 aromatic rings. The van der Waals surface area contributed by atoms with Gasteiger partial charge in [0.1, 0.15) is 24.0 Å². The number of hydrogen-bond acceptors (Lipinski definition) is 7. The fraction of sp³-hybridized carbons (Fsp3) is 0.172. The van der Waals surface area contributed by atoms with Crippen LogP contribution in [0.3, 0.4) is 0 Å². The molecule has 2 heterocycles. The number of nitrogens with zero attached hydrogens (tertiary/aromatic N) is 3. The van der Waals surface area contributed by atoms with Crippen LogP contribution >= 0.6 is 11.8 Å². The van der Waals surface area contributed by atoms with Crippen LogP contribution in [0.5, 0.6) is 17.2 Å². The third kappa shape index (κ3) is 5.33. The molecule has 1 amide bonds. The van der Waals surface area contributed by atoms with Gasteiger partial charge in [0.25, 0.3) is 5.91 Å². The van der Waals surface area contributed by atoms with Crippen LogP contribution < -0.4 is 14.2 Å². The fourth-order valence-electron chi connectivity index (χ4n) is 3.99. The molecular weight excluding hydrogens is 500 g/mol. The summed E-state index contributed by atoms with van der Waals surface area (Å²) < 4.78 is 17.1. The van der Waals surface area contributed by atoms with Crippen LogP contribution in [0, 0.1) is 19.3 Å². The summed E-state index contributed by atoms with van der Waals surface area (Å²) in [5.74, 6) is 1.34. The Morgan fingerprint density at radius 2 is 1.79 bits per heavy atom. The maximum absolute atomic E-state index is 12.8. The van der Waals surface area contributed by atoms with E-state index in [0.29, 0.717) is 40.5 Å². The van der Waals surface area contributed by atoms with Gasteiger partial charge in [0.2, 0.25) is 5.17 Å². The van der Waals surface area contributed by atoms with Gasteiger partial charge >= 0.3 is 0 Å². The Hall–Kier alpha value is -4.37. The van der Waals surface area contributed by atoms with Gasteiger partial charge in [-0.1, -0.05) is 42.5 Å². The minimum atomic E-state index is -0.484. The lowest BCUT2D eigenvalue weighted by Crippen LogP contribution is -2.35. The van der Waals surface area contributed by atoms with Crippen LogP contribution in [0.4, 0.5) is 0 Å². The number of aryl methyl sites for hydroxylation is 2. The maximum atomic E-state index is 12.8. The summed E-state index contributed by atoms with van der Waals surface area (Å²) in [4.78, 5) is 17.0. The number of benzene rings is 3. The van der Waals surface area contributed by atoms with Gasteiger partial charge < -0.3 is 14.2 Å². The average molecular weight is 527 g/mol. The quantitative estimate of drug-likeness (QED) is 0.310. The molecule has 0 aliphatic carbocycles. The van der Waals surface area contributed by atoms with E-state index in [2.05, 4.69) is 10.1 Å². The second-order valence-corrected chi connectivity index (χ2v) is 9.62. The third-order valence-electron chi connectivity index (χ3n) is 5.93. The zero-order valence-corrected chi connectivity index (χ0v) is 22.0. The lowest BCUT2D eigenvalue weighted by Gasteiger charge is -2.20. The Balaban J connectivity index is 1.29. The van der Waals surface area contributed by atoms with Crippen molar-refractivity contribution in [3.63, 3.8) is 0 Å². The highest BCUT2D eigenvalue weighted by Crippen LogP contribution is 2.33. The molecule has 5 rings (SSSR count). The number of carbonyl (C=O) groups excluding carboxylic acids is 1. The van der Waals surface area contributed by atoms with E-state index in [9.17, 15) is 4.79 Å². The van der Waals surface area contributed by atoms with Gasteiger partial charge in [-0.3, -0.25) is 10.2 Å². The first-order valence-electron chi connectivity index (χ1n) is 12.0. The minimum Gasteiger partial charge on any atom is -0.493 e. The van der Waals surface area contributed by atoms with Gasteiger partial charge in [0.15, 0.2) is 17.3 Å². The lowest BCUT2D eigenvalue weighted by atomic mass is 10.1. The van der Waals surface area contributed by atoms with Crippen molar-refractivity contribution < 1.29 is 19.0 Å². The molecule has 1 N–H and O–H groups in total. The third-order valence-corrected chi connectivity index (χ3v) is 6.87. The number of thioether (sulfide) groups is 1. The maximum Gasteiger partial charge on any atom is 0.283 e. The number of hydrogen-bond donors (Lipinski definition) is 1. The van der Waals surface area contributed by atoms with Crippen molar-refractivity contribution in [3.05, 3.63) is 94.6 Å².